The minimum absolute atomic E-state index is 0.0861. The van der Waals surface area contributed by atoms with Crippen LogP contribution in [0.25, 0.3) is 0 Å². The van der Waals surface area contributed by atoms with Gasteiger partial charge in [-0.1, -0.05) is 17.8 Å². The lowest BCUT2D eigenvalue weighted by Gasteiger charge is -2.39. The highest BCUT2D eigenvalue weighted by Gasteiger charge is 2.42. The number of carbonyl (C=O) groups excluding carboxylic acids is 2. The van der Waals surface area contributed by atoms with E-state index < -0.39 is 12.0 Å². The Labute approximate surface area is 173 Å². The Balaban J connectivity index is 2.09. The van der Waals surface area contributed by atoms with Gasteiger partial charge in [-0.25, -0.2) is 9.79 Å². The Kier molecular flexibility index (Phi) is 6.81. The summed E-state index contributed by atoms with van der Waals surface area (Å²) in [5, 5.41) is 0.590. The van der Waals surface area contributed by atoms with Crippen molar-refractivity contribution < 1.29 is 28.5 Å². The molecule has 156 valence electrons. The summed E-state index contributed by atoms with van der Waals surface area (Å²) >= 11 is 1.50. The molecule has 1 aromatic carbocycles. The van der Waals surface area contributed by atoms with E-state index >= 15 is 0 Å². The quantitative estimate of drug-likeness (QED) is 0.495. The van der Waals surface area contributed by atoms with E-state index in [4.69, 9.17) is 18.9 Å². The Morgan fingerprint density at radius 2 is 1.97 bits per heavy atom. The second kappa shape index (κ2) is 9.32. The lowest BCUT2D eigenvalue weighted by atomic mass is 9.94. The summed E-state index contributed by atoms with van der Waals surface area (Å²) in [6.45, 7) is 2.15. The van der Waals surface area contributed by atoms with Crippen LogP contribution in [0.5, 0.6) is 11.5 Å². The van der Waals surface area contributed by atoms with E-state index in [0.717, 1.165) is 0 Å². The minimum Gasteiger partial charge on any atom is -0.493 e. The van der Waals surface area contributed by atoms with Crippen molar-refractivity contribution in [3.05, 3.63) is 35.0 Å². The van der Waals surface area contributed by atoms with Crippen molar-refractivity contribution in [2.45, 2.75) is 19.4 Å². The molecule has 0 bridgehead atoms. The molecule has 0 N–H and O–H groups in total. The Bertz CT molecular complexity index is 867. The number of rotatable bonds is 7. The van der Waals surface area contributed by atoms with Gasteiger partial charge in [0.05, 0.1) is 38.1 Å². The van der Waals surface area contributed by atoms with E-state index in [1.54, 1.807) is 31.1 Å². The van der Waals surface area contributed by atoms with Gasteiger partial charge in [0.1, 0.15) is 6.61 Å². The average molecular weight is 420 g/mol. The lowest BCUT2D eigenvalue weighted by Crippen LogP contribution is -2.45. The first kappa shape index (κ1) is 21.2. The molecule has 2 aliphatic heterocycles. The van der Waals surface area contributed by atoms with Gasteiger partial charge in [0.15, 0.2) is 16.7 Å². The molecule has 2 aliphatic rings. The van der Waals surface area contributed by atoms with Crippen LogP contribution in [-0.4, -0.2) is 62.2 Å². The highest BCUT2D eigenvalue weighted by Crippen LogP contribution is 2.42. The number of esters is 1. The summed E-state index contributed by atoms with van der Waals surface area (Å²) in [7, 11) is 4.63. The zero-order chi connectivity index (χ0) is 21.0. The molecule has 0 unspecified atom stereocenters. The number of hydrogen-bond acceptors (Lipinski definition) is 8. The molecule has 0 aromatic heterocycles. The molecule has 1 amide bonds. The Morgan fingerprint density at radius 3 is 2.66 bits per heavy atom. The first-order valence-corrected chi connectivity index (χ1v) is 10.1. The van der Waals surface area contributed by atoms with Gasteiger partial charge in [0.2, 0.25) is 5.91 Å². The van der Waals surface area contributed by atoms with Crippen molar-refractivity contribution in [1.82, 2.24) is 4.90 Å². The van der Waals surface area contributed by atoms with Crippen LogP contribution in [0.3, 0.4) is 0 Å². The van der Waals surface area contributed by atoms with Gasteiger partial charge < -0.3 is 18.9 Å². The van der Waals surface area contributed by atoms with Crippen molar-refractivity contribution in [3.8, 4) is 11.5 Å². The molecule has 2 heterocycles. The summed E-state index contributed by atoms with van der Waals surface area (Å²) in [4.78, 5) is 31.8. The zero-order valence-electron chi connectivity index (χ0n) is 16.9. The molecular formula is C20H24N2O6S. The molecule has 1 atom stereocenters. The van der Waals surface area contributed by atoms with E-state index in [-0.39, 0.29) is 19.1 Å². The number of fused-ring (bicyclic) bond motifs is 1. The van der Waals surface area contributed by atoms with Crippen molar-refractivity contribution in [1.29, 1.82) is 0 Å². The van der Waals surface area contributed by atoms with Gasteiger partial charge in [-0.05, 0) is 24.6 Å². The van der Waals surface area contributed by atoms with E-state index in [2.05, 4.69) is 4.99 Å². The number of allylic oxidation sites excluding steroid dienone is 1. The molecule has 1 aromatic rings. The molecule has 0 saturated carbocycles. The van der Waals surface area contributed by atoms with Crippen LogP contribution < -0.4 is 9.47 Å². The predicted molar refractivity (Wildman–Crippen MR) is 109 cm³/mol. The fourth-order valence-corrected chi connectivity index (χ4v) is 4.30. The lowest BCUT2D eigenvalue weighted by molar-refractivity contribution is -0.141. The van der Waals surface area contributed by atoms with Crippen molar-refractivity contribution in [2.75, 3.05) is 40.3 Å². The fraction of sp³-hybridized carbons (Fsp3) is 0.450. The number of aliphatic imine (C=N–C) groups is 1. The first-order chi connectivity index (χ1) is 14.0. The number of methoxy groups -OCH3 is 3. The summed E-state index contributed by atoms with van der Waals surface area (Å²) in [6, 6.07) is 4.69. The van der Waals surface area contributed by atoms with E-state index in [1.165, 1.54) is 26.0 Å². The number of nitrogens with zero attached hydrogens (tertiary/aromatic N) is 2. The van der Waals surface area contributed by atoms with Crippen LogP contribution in [0.4, 0.5) is 0 Å². The minimum atomic E-state index is -0.655. The number of hydrogen-bond donors (Lipinski definition) is 0. The zero-order valence-corrected chi connectivity index (χ0v) is 17.7. The first-order valence-electron chi connectivity index (χ1n) is 9.14. The average Bonchev–Trinajstić information content (AvgIpc) is 2.72. The molecule has 29 heavy (non-hydrogen) atoms. The molecular weight excluding hydrogens is 396 g/mol. The summed E-state index contributed by atoms with van der Waals surface area (Å²) in [5.74, 6) is 1.12. The third-order valence-corrected chi connectivity index (χ3v) is 5.62. The SMILES string of the molecule is COCCOC(=O)C1=C(C)N=C2SCCC(=O)N2[C@@H]1c1ccc(OC)c(OC)c1. The maximum absolute atomic E-state index is 12.9. The van der Waals surface area contributed by atoms with Gasteiger partial charge >= 0.3 is 5.97 Å². The molecule has 0 spiro atoms. The molecule has 1 fully saturated rings. The van der Waals surface area contributed by atoms with Gasteiger partial charge in [-0.3, -0.25) is 9.69 Å². The normalized spacial score (nSPS) is 18.9. The summed E-state index contributed by atoms with van der Waals surface area (Å²) < 4.78 is 21.1. The molecule has 0 radical (unpaired) electrons. The number of ether oxygens (including phenoxy) is 4. The summed E-state index contributed by atoms with van der Waals surface area (Å²) in [5.41, 5.74) is 1.57. The standard InChI is InChI=1S/C20H24N2O6S/c1-12-17(19(24)28-9-8-25-2)18(22-16(23)7-10-29-20(22)21-12)13-5-6-14(26-3)15(11-13)27-4/h5-6,11,18H,7-10H2,1-4H3/t18-/m1/s1. The predicted octanol–water partition coefficient (Wildman–Crippen LogP) is 2.54. The Hall–Kier alpha value is -2.52. The van der Waals surface area contributed by atoms with Crippen molar-refractivity contribution in [3.63, 3.8) is 0 Å². The van der Waals surface area contributed by atoms with Crippen molar-refractivity contribution >= 4 is 28.8 Å². The van der Waals surface area contributed by atoms with Crippen LogP contribution in [-0.2, 0) is 19.1 Å². The van der Waals surface area contributed by atoms with Crippen LogP contribution in [0.2, 0.25) is 0 Å². The van der Waals surface area contributed by atoms with E-state index in [1.807, 2.05) is 6.07 Å². The number of benzene rings is 1. The molecule has 8 nitrogen and oxygen atoms in total. The molecule has 1 saturated heterocycles. The second-order valence-corrected chi connectivity index (χ2v) is 7.46. The Morgan fingerprint density at radius 1 is 1.21 bits per heavy atom. The fourth-order valence-electron chi connectivity index (χ4n) is 3.29. The van der Waals surface area contributed by atoms with Gasteiger partial charge in [0, 0.05) is 19.3 Å². The third kappa shape index (κ3) is 4.25. The van der Waals surface area contributed by atoms with Gasteiger partial charge in [-0.15, -0.1) is 0 Å². The number of amidine groups is 1. The largest absolute Gasteiger partial charge is 0.493 e. The van der Waals surface area contributed by atoms with Crippen LogP contribution in [0, 0.1) is 0 Å². The highest BCUT2D eigenvalue weighted by atomic mass is 32.2. The number of thioether (sulfide) groups is 1. The van der Waals surface area contributed by atoms with Gasteiger partial charge in [-0.2, -0.15) is 0 Å². The topological polar surface area (TPSA) is 86.7 Å². The maximum Gasteiger partial charge on any atom is 0.338 e. The number of carbonyl (C=O) groups is 2. The van der Waals surface area contributed by atoms with Crippen LogP contribution in [0.15, 0.2) is 34.5 Å². The molecule has 0 aliphatic carbocycles. The maximum atomic E-state index is 12.9. The third-order valence-electron chi connectivity index (χ3n) is 4.67. The molecule has 9 heteroatoms. The monoisotopic (exact) mass is 420 g/mol. The summed E-state index contributed by atoms with van der Waals surface area (Å²) in [6.07, 6.45) is 0.374. The smallest absolute Gasteiger partial charge is 0.338 e. The van der Waals surface area contributed by atoms with Crippen LogP contribution in [0.1, 0.15) is 24.9 Å². The highest BCUT2D eigenvalue weighted by molar-refractivity contribution is 8.14. The number of amides is 1. The van der Waals surface area contributed by atoms with Gasteiger partial charge in [0.25, 0.3) is 0 Å². The second-order valence-electron chi connectivity index (χ2n) is 6.40. The molecule has 3 rings (SSSR count). The van der Waals surface area contributed by atoms with E-state index in [9.17, 15) is 9.59 Å². The van der Waals surface area contributed by atoms with Crippen molar-refractivity contribution in [2.24, 2.45) is 4.99 Å². The van der Waals surface area contributed by atoms with Crippen LogP contribution >= 0.6 is 11.8 Å². The van der Waals surface area contributed by atoms with E-state index in [0.29, 0.717) is 45.7 Å².